The number of esters is 1. The van der Waals surface area contributed by atoms with Crippen LogP contribution in [-0.2, 0) is 19.5 Å². The molecule has 1 aliphatic rings. The minimum atomic E-state index is -3.81. The number of ether oxygens (including phenoxy) is 2. The van der Waals surface area contributed by atoms with Crippen molar-refractivity contribution < 1.29 is 27.8 Å². The SMILES string of the molecule is Cc1ccc(C(=O)OC/C(O)=C(\C#N)c2nc3ccccc3[nH]2)cc1S(=O)(=O)N1CCOCC1. The third-order valence-corrected chi connectivity index (χ3v) is 7.42. The zero-order chi connectivity index (χ0) is 24.3. The van der Waals surface area contributed by atoms with E-state index in [1.807, 2.05) is 6.07 Å². The predicted octanol–water partition coefficient (Wildman–Crippen LogP) is 2.54. The van der Waals surface area contributed by atoms with Gasteiger partial charge in [-0.25, -0.2) is 18.2 Å². The number of aliphatic hydroxyl groups excluding tert-OH is 1. The molecule has 0 unspecified atom stereocenters. The minimum Gasteiger partial charge on any atom is -0.507 e. The molecule has 3 aromatic rings. The number of carbonyl (C=O) groups excluding carboxylic acids is 1. The third kappa shape index (κ3) is 4.65. The van der Waals surface area contributed by atoms with Gasteiger partial charge in [-0.05, 0) is 36.8 Å². The van der Waals surface area contributed by atoms with Crippen molar-refractivity contribution in [3.63, 3.8) is 0 Å². The highest BCUT2D eigenvalue weighted by Crippen LogP contribution is 2.23. The first-order chi connectivity index (χ1) is 16.3. The van der Waals surface area contributed by atoms with Gasteiger partial charge in [-0.2, -0.15) is 9.57 Å². The molecule has 34 heavy (non-hydrogen) atoms. The highest BCUT2D eigenvalue weighted by atomic mass is 32.2. The number of nitrogens with zero attached hydrogens (tertiary/aromatic N) is 3. The average molecular weight is 483 g/mol. The number of aryl methyl sites for hydroxylation is 1. The standard InChI is InChI=1S/C23H22N4O6S/c1-15-6-7-16(12-21(15)34(30,31)27-8-10-32-11-9-27)23(29)33-14-20(28)17(13-24)22-25-18-4-2-3-5-19(18)26-22/h2-7,12,28H,8-11,14H2,1H3,(H,25,26)/b20-17-. The molecule has 11 heteroatoms. The number of para-hydroxylation sites is 2. The van der Waals surface area contributed by atoms with E-state index in [-0.39, 0.29) is 34.9 Å². The number of hydrogen-bond donors (Lipinski definition) is 2. The Morgan fingerprint density at radius 1 is 1.26 bits per heavy atom. The number of sulfonamides is 1. The van der Waals surface area contributed by atoms with Crippen LogP contribution in [0, 0.1) is 18.3 Å². The van der Waals surface area contributed by atoms with Crippen molar-refractivity contribution in [3.8, 4) is 6.07 Å². The van der Waals surface area contributed by atoms with Gasteiger partial charge in [-0.1, -0.05) is 18.2 Å². The van der Waals surface area contributed by atoms with Crippen molar-refractivity contribution in [2.75, 3.05) is 32.9 Å². The van der Waals surface area contributed by atoms with Gasteiger partial charge in [0.25, 0.3) is 0 Å². The normalized spacial score (nSPS) is 15.5. The van der Waals surface area contributed by atoms with Gasteiger partial charge in [0.2, 0.25) is 10.0 Å². The molecular weight excluding hydrogens is 460 g/mol. The summed E-state index contributed by atoms with van der Waals surface area (Å²) in [4.78, 5) is 19.8. The summed E-state index contributed by atoms with van der Waals surface area (Å²) < 4.78 is 37.7. The molecular formula is C23H22N4O6S. The van der Waals surface area contributed by atoms with Crippen molar-refractivity contribution in [2.45, 2.75) is 11.8 Å². The minimum absolute atomic E-state index is 0.00334. The molecule has 1 aromatic heterocycles. The van der Waals surface area contributed by atoms with Crippen LogP contribution >= 0.6 is 0 Å². The molecule has 176 valence electrons. The van der Waals surface area contributed by atoms with Crippen molar-refractivity contribution in [1.29, 1.82) is 5.26 Å². The Labute approximate surface area is 196 Å². The van der Waals surface area contributed by atoms with E-state index in [2.05, 4.69) is 9.97 Å². The molecule has 0 atom stereocenters. The van der Waals surface area contributed by atoms with Crippen LogP contribution in [0.3, 0.4) is 0 Å². The van der Waals surface area contributed by atoms with E-state index in [1.54, 1.807) is 31.2 Å². The summed E-state index contributed by atoms with van der Waals surface area (Å²) in [6, 6.07) is 13.2. The highest BCUT2D eigenvalue weighted by molar-refractivity contribution is 7.89. The van der Waals surface area contributed by atoms with Crippen molar-refractivity contribution in [3.05, 3.63) is 65.2 Å². The van der Waals surface area contributed by atoms with Crippen LogP contribution in [0.4, 0.5) is 0 Å². The Morgan fingerprint density at radius 2 is 2.00 bits per heavy atom. The first-order valence-electron chi connectivity index (χ1n) is 10.4. The molecule has 10 nitrogen and oxygen atoms in total. The van der Waals surface area contributed by atoms with Crippen molar-refractivity contribution >= 4 is 32.6 Å². The second kappa shape index (κ2) is 9.64. The number of fused-ring (bicyclic) bond motifs is 1. The van der Waals surface area contributed by atoms with Gasteiger partial charge >= 0.3 is 5.97 Å². The fourth-order valence-electron chi connectivity index (χ4n) is 3.55. The Balaban J connectivity index is 1.53. The van der Waals surface area contributed by atoms with E-state index in [0.717, 1.165) is 0 Å². The lowest BCUT2D eigenvalue weighted by atomic mass is 10.1. The summed E-state index contributed by atoms with van der Waals surface area (Å²) >= 11 is 0. The second-order valence-corrected chi connectivity index (χ2v) is 9.52. The van der Waals surface area contributed by atoms with Gasteiger partial charge in [0.05, 0.1) is 34.7 Å². The molecule has 2 aromatic carbocycles. The lowest BCUT2D eigenvalue weighted by molar-refractivity contribution is 0.0502. The number of nitrogens with one attached hydrogen (secondary N) is 1. The maximum atomic E-state index is 13.0. The molecule has 0 radical (unpaired) electrons. The van der Waals surface area contributed by atoms with E-state index >= 15 is 0 Å². The summed E-state index contributed by atoms with van der Waals surface area (Å²) in [6.07, 6.45) is 0. The molecule has 4 rings (SSSR count). The Morgan fingerprint density at radius 3 is 2.71 bits per heavy atom. The zero-order valence-electron chi connectivity index (χ0n) is 18.3. The second-order valence-electron chi connectivity index (χ2n) is 7.61. The number of nitriles is 1. The molecule has 0 spiro atoms. The van der Waals surface area contributed by atoms with E-state index in [1.165, 1.54) is 22.5 Å². The fourth-order valence-corrected chi connectivity index (χ4v) is 5.20. The highest BCUT2D eigenvalue weighted by Gasteiger charge is 2.28. The van der Waals surface area contributed by atoms with Crippen LogP contribution in [0.25, 0.3) is 16.6 Å². The number of benzene rings is 2. The number of aliphatic hydroxyl groups is 1. The lowest BCUT2D eigenvalue weighted by Gasteiger charge is -2.26. The molecule has 1 fully saturated rings. The van der Waals surface area contributed by atoms with Gasteiger partial charge in [-0.3, -0.25) is 0 Å². The van der Waals surface area contributed by atoms with E-state index in [9.17, 15) is 23.6 Å². The van der Waals surface area contributed by atoms with Crippen LogP contribution in [-0.4, -0.2) is 66.7 Å². The van der Waals surface area contributed by atoms with Crippen molar-refractivity contribution in [2.24, 2.45) is 0 Å². The van der Waals surface area contributed by atoms with Gasteiger partial charge in [0.1, 0.15) is 18.2 Å². The van der Waals surface area contributed by atoms with E-state index < -0.39 is 28.4 Å². The summed E-state index contributed by atoms with van der Waals surface area (Å²) in [5.41, 5.74) is 1.63. The van der Waals surface area contributed by atoms with Crippen LogP contribution in [0.1, 0.15) is 21.7 Å². The summed E-state index contributed by atoms with van der Waals surface area (Å²) in [6.45, 7) is 2.12. The number of aromatic nitrogens is 2. The third-order valence-electron chi connectivity index (χ3n) is 5.38. The molecule has 2 heterocycles. The molecule has 1 saturated heterocycles. The smallest absolute Gasteiger partial charge is 0.338 e. The van der Waals surface area contributed by atoms with Gasteiger partial charge < -0.3 is 19.6 Å². The number of rotatable bonds is 6. The number of H-pyrrole nitrogens is 1. The van der Waals surface area contributed by atoms with Crippen LogP contribution < -0.4 is 0 Å². The number of hydrogen-bond acceptors (Lipinski definition) is 8. The number of allylic oxidation sites excluding steroid dienone is 1. The zero-order valence-corrected chi connectivity index (χ0v) is 19.1. The first kappa shape index (κ1) is 23.4. The summed E-state index contributed by atoms with van der Waals surface area (Å²) in [5.74, 6) is -1.18. The van der Waals surface area contributed by atoms with Gasteiger partial charge in [-0.15, -0.1) is 0 Å². The number of morpholine rings is 1. The van der Waals surface area contributed by atoms with E-state index in [0.29, 0.717) is 29.8 Å². The lowest BCUT2D eigenvalue weighted by Crippen LogP contribution is -2.40. The molecule has 0 saturated carbocycles. The number of aromatic amines is 1. The Kier molecular flexibility index (Phi) is 6.65. The first-order valence-corrected chi connectivity index (χ1v) is 11.9. The molecule has 0 bridgehead atoms. The maximum Gasteiger partial charge on any atom is 0.338 e. The average Bonchev–Trinajstić information content (AvgIpc) is 3.27. The Hall–Kier alpha value is -3.72. The van der Waals surface area contributed by atoms with E-state index in [4.69, 9.17) is 9.47 Å². The van der Waals surface area contributed by atoms with Crippen LogP contribution in [0.15, 0.2) is 53.1 Å². The maximum absolute atomic E-state index is 13.0. The topological polar surface area (TPSA) is 146 Å². The van der Waals surface area contributed by atoms with Crippen LogP contribution in [0.2, 0.25) is 0 Å². The molecule has 2 N–H and O–H groups in total. The largest absolute Gasteiger partial charge is 0.507 e. The summed E-state index contributed by atoms with van der Waals surface area (Å²) in [7, 11) is -3.81. The Bertz CT molecular complexity index is 1380. The molecule has 0 aliphatic carbocycles. The van der Waals surface area contributed by atoms with Gasteiger partial charge in [0, 0.05) is 13.1 Å². The van der Waals surface area contributed by atoms with Crippen molar-refractivity contribution in [1.82, 2.24) is 14.3 Å². The fraction of sp³-hybridized carbons (Fsp3) is 0.261. The van der Waals surface area contributed by atoms with Gasteiger partial charge in [0.15, 0.2) is 11.6 Å². The quantitative estimate of drug-likeness (QED) is 0.310. The predicted molar refractivity (Wildman–Crippen MR) is 122 cm³/mol. The van der Waals surface area contributed by atoms with Crippen LogP contribution in [0.5, 0.6) is 0 Å². The monoisotopic (exact) mass is 482 g/mol. The molecule has 1 aliphatic heterocycles. The number of carbonyl (C=O) groups is 1. The molecule has 0 amide bonds. The number of imidazole rings is 1. The summed E-state index contributed by atoms with van der Waals surface area (Å²) in [5, 5.41) is 19.9.